The number of rotatable bonds is 4. The lowest BCUT2D eigenvalue weighted by atomic mass is 10.2. The number of aromatic nitrogens is 3. The lowest BCUT2D eigenvalue weighted by Crippen LogP contribution is -2.12. The van der Waals surface area contributed by atoms with E-state index < -0.39 is 0 Å². The molecule has 5 nitrogen and oxygen atoms in total. The zero-order chi connectivity index (χ0) is 13.1. The van der Waals surface area contributed by atoms with E-state index in [0.717, 1.165) is 0 Å². The Morgan fingerprint density at radius 1 is 1.56 bits per heavy atom. The van der Waals surface area contributed by atoms with Crippen LogP contribution >= 0.6 is 23.8 Å². The minimum Gasteiger partial charge on any atom is -0.485 e. The van der Waals surface area contributed by atoms with E-state index in [4.69, 9.17) is 34.3 Å². The molecule has 18 heavy (non-hydrogen) atoms. The highest BCUT2D eigenvalue weighted by atomic mass is 35.5. The Balaban J connectivity index is 2.20. The number of hydrogen-bond acceptors (Lipinski definition) is 4. The summed E-state index contributed by atoms with van der Waals surface area (Å²) in [6, 6.07) is 5.12. The third kappa shape index (κ3) is 2.77. The molecular weight excluding hydrogens is 272 g/mol. The van der Waals surface area contributed by atoms with Gasteiger partial charge in [-0.2, -0.15) is 5.10 Å². The number of benzene rings is 1. The van der Waals surface area contributed by atoms with Crippen LogP contribution in [0.5, 0.6) is 5.75 Å². The number of thiocarbonyl (C=S) groups is 1. The first kappa shape index (κ1) is 12.8. The van der Waals surface area contributed by atoms with Crippen LogP contribution in [0.25, 0.3) is 0 Å². The zero-order valence-electron chi connectivity index (χ0n) is 9.63. The van der Waals surface area contributed by atoms with Crippen molar-refractivity contribution >= 4 is 28.8 Å². The minimum atomic E-state index is 0.264. The summed E-state index contributed by atoms with van der Waals surface area (Å²) in [4.78, 5) is 4.32. The standard InChI is InChI=1S/C11H11ClN4OS/c1-16-10(14-6-15-16)5-17-9-4-7(12)2-3-8(9)11(13)18/h2-4,6H,5H2,1H3,(H2,13,18). The van der Waals surface area contributed by atoms with Gasteiger partial charge in [-0.25, -0.2) is 4.98 Å². The third-order valence-corrected chi connectivity index (χ3v) is 2.83. The summed E-state index contributed by atoms with van der Waals surface area (Å²) in [6.45, 7) is 0.270. The number of nitrogens with two attached hydrogens (primary N) is 1. The SMILES string of the molecule is Cn1ncnc1COc1cc(Cl)ccc1C(N)=S. The zero-order valence-corrected chi connectivity index (χ0v) is 11.2. The van der Waals surface area contributed by atoms with Gasteiger partial charge in [0.15, 0.2) is 5.82 Å². The molecule has 2 N–H and O–H groups in total. The van der Waals surface area contributed by atoms with Gasteiger partial charge in [-0.3, -0.25) is 4.68 Å². The summed E-state index contributed by atoms with van der Waals surface area (Å²) in [5.41, 5.74) is 6.27. The van der Waals surface area contributed by atoms with E-state index in [1.807, 2.05) is 0 Å². The summed E-state index contributed by atoms with van der Waals surface area (Å²) in [6.07, 6.45) is 1.46. The van der Waals surface area contributed by atoms with E-state index in [-0.39, 0.29) is 11.6 Å². The largest absolute Gasteiger partial charge is 0.485 e. The molecular formula is C11H11ClN4OS. The van der Waals surface area contributed by atoms with Crippen molar-refractivity contribution < 1.29 is 4.74 Å². The second-order valence-electron chi connectivity index (χ2n) is 3.59. The predicted molar refractivity (Wildman–Crippen MR) is 72.7 cm³/mol. The molecule has 0 fully saturated rings. The van der Waals surface area contributed by atoms with Gasteiger partial charge >= 0.3 is 0 Å². The normalized spacial score (nSPS) is 10.3. The maximum Gasteiger partial charge on any atom is 0.164 e. The van der Waals surface area contributed by atoms with Crippen LogP contribution in [0.1, 0.15) is 11.4 Å². The van der Waals surface area contributed by atoms with Crippen LogP contribution in [0.4, 0.5) is 0 Å². The van der Waals surface area contributed by atoms with Crippen molar-refractivity contribution in [1.82, 2.24) is 14.8 Å². The van der Waals surface area contributed by atoms with Crippen molar-refractivity contribution in [3.63, 3.8) is 0 Å². The van der Waals surface area contributed by atoms with Gasteiger partial charge in [0.25, 0.3) is 0 Å². The molecule has 7 heteroatoms. The van der Waals surface area contributed by atoms with Gasteiger partial charge in [0.05, 0.1) is 5.56 Å². The van der Waals surface area contributed by atoms with Gasteiger partial charge in [0.1, 0.15) is 23.7 Å². The average molecular weight is 283 g/mol. The molecule has 0 aliphatic rings. The minimum absolute atomic E-state index is 0.264. The van der Waals surface area contributed by atoms with E-state index in [1.54, 1.807) is 29.9 Å². The molecule has 2 rings (SSSR count). The summed E-state index contributed by atoms with van der Waals surface area (Å²) >= 11 is 10.9. The monoisotopic (exact) mass is 282 g/mol. The highest BCUT2D eigenvalue weighted by molar-refractivity contribution is 7.80. The molecule has 0 aliphatic heterocycles. The van der Waals surface area contributed by atoms with Crippen molar-refractivity contribution in [3.8, 4) is 5.75 Å². The van der Waals surface area contributed by atoms with E-state index >= 15 is 0 Å². The summed E-state index contributed by atoms with van der Waals surface area (Å²) < 4.78 is 7.26. The molecule has 0 atom stereocenters. The van der Waals surface area contributed by atoms with E-state index in [0.29, 0.717) is 22.2 Å². The molecule has 94 valence electrons. The van der Waals surface area contributed by atoms with Gasteiger partial charge in [-0.15, -0.1) is 0 Å². The van der Waals surface area contributed by atoms with Crippen molar-refractivity contribution in [2.75, 3.05) is 0 Å². The average Bonchev–Trinajstić information content (AvgIpc) is 2.72. The molecule has 2 aromatic rings. The van der Waals surface area contributed by atoms with Crippen molar-refractivity contribution in [1.29, 1.82) is 0 Å². The summed E-state index contributed by atoms with van der Waals surface area (Å²) in [5, 5.41) is 4.51. The van der Waals surface area contributed by atoms with Gasteiger partial charge < -0.3 is 10.5 Å². The van der Waals surface area contributed by atoms with Crippen molar-refractivity contribution in [2.45, 2.75) is 6.61 Å². The Morgan fingerprint density at radius 2 is 2.33 bits per heavy atom. The molecule has 0 amide bonds. The van der Waals surface area contributed by atoms with Crippen LogP contribution in [0.2, 0.25) is 5.02 Å². The van der Waals surface area contributed by atoms with Gasteiger partial charge in [0, 0.05) is 12.1 Å². The predicted octanol–water partition coefficient (Wildman–Crippen LogP) is 1.68. The fraction of sp³-hybridized carbons (Fsp3) is 0.182. The van der Waals surface area contributed by atoms with Crippen LogP contribution < -0.4 is 10.5 Å². The number of hydrogen-bond donors (Lipinski definition) is 1. The summed E-state index contributed by atoms with van der Waals surface area (Å²) in [7, 11) is 1.79. The topological polar surface area (TPSA) is 66.0 Å². The molecule has 0 radical (unpaired) electrons. The Bertz CT molecular complexity index is 584. The number of halogens is 1. The smallest absolute Gasteiger partial charge is 0.164 e. The van der Waals surface area contributed by atoms with Gasteiger partial charge in [-0.05, 0) is 18.2 Å². The van der Waals surface area contributed by atoms with Crippen molar-refractivity contribution in [2.24, 2.45) is 12.8 Å². The van der Waals surface area contributed by atoms with Gasteiger partial charge in [-0.1, -0.05) is 23.8 Å². The van der Waals surface area contributed by atoms with Crippen molar-refractivity contribution in [3.05, 3.63) is 40.9 Å². The van der Waals surface area contributed by atoms with E-state index in [9.17, 15) is 0 Å². The first-order valence-electron chi connectivity index (χ1n) is 5.13. The quantitative estimate of drug-likeness (QED) is 0.865. The Kier molecular flexibility index (Phi) is 3.78. The van der Waals surface area contributed by atoms with E-state index in [2.05, 4.69) is 10.1 Å². The molecule has 0 spiro atoms. The number of ether oxygens (including phenoxy) is 1. The highest BCUT2D eigenvalue weighted by Crippen LogP contribution is 2.24. The Morgan fingerprint density at radius 3 is 2.94 bits per heavy atom. The Labute approximate surface area is 115 Å². The number of aryl methyl sites for hydroxylation is 1. The molecule has 0 unspecified atom stereocenters. The first-order valence-corrected chi connectivity index (χ1v) is 5.91. The van der Waals surface area contributed by atoms with Crippen LogP contribution in [0.3, 0.4) is 0 Å². The Hall–Kier alpha value is -1.66. The molecule has 0 bridgehead atoms. The lowest BCUT2D eigenvalue weighted by Gasteiger charge is -2.10. The molecule has 1 heterocycles. The van der Waals surface area contributed by atoms with Crippen LogP contribution in [0.15, 0.2) is 24.5 Å². The first-order chi connectivity index (χ1) is 8.58. The fourth-order valence-electron chi connectivity index (χ4n) is 1.41. The third-order valence-electron chi connectivity index (χ3n) is 2.37. The molecule has 1 aromatic heterocycles. The molecule has 1 aromatic carbocycles. The maximum atomic E-state index is 5.92. The molecule has 0 aliphatic carbocycles. The summed E-state index contributed by atoms with van der Waals surface area (Å²) in [5.74, 6) is 1.24. The number of nitrogens with zero attached hydrogens (tertiary/aromatic N) is 3. The second-order valence-corrected chi connectivity index (χ2v) is 4.47. The van der Waals surface area contributed by atoms with Crippen LogP contribution in [-0.4, -0.2) is 19.8 Å². The van der Waals surface area contributed by atoms with Gasteiger partial charge in [0.2, 0.25) is 0 Å². The fourth-order valence-corrected chi connectivity index (χ4v) is 1.74. The molecule has 0 saturated carbocycles. The second kappa shape index (κ2) is 5.32. The van der Waals surface area contributed by atoms with E-state index in [1.165, 1.54) is 6.33 Å². The van der Waals surface area contributed by atoms with Crippen LogP contribution in [-0.2, 0) is 13.7 Å². The highest BCUT2D eigenvalue weighted by Gasteiger charge is 2.09. The molecule has 0 saturated heterocycles. The maximum absolute atomic E-state index is 5.92. The lowest BCUT2D eigenvalue weighted by molar-refractivity contribution is 0.289. The van der Waals surface area contributed by atoms with Crippen LogP contribution in [0, 0.1) is 0 Å².